The van der Waals surface area contributed by atoms with Gasteiger partial charge in [0.15, 0.2) is 0 Å². The van der Waals surface area contributed by atoms with Gasteiger partial charge in [-0.2, -0.15) is 0 Å². The van der Waals surface area contributed by atoms with E-state index < -0.39 is 56.5 Å². The molecule has 49 heavy (non-hydrogen) atoms. The number of hydrogen-bond donors (Lipinski definition) is 0. The Kier molecular flexibility index (Phi) is 12.2. The van der Waals surface area contributed by atoms with E-state index in [1.54, 1.807) is 33.0 Å². The Labute approximate surface area is 313 Å². The van der Waals surface area contributed by atoms with Crippen molar-refractivity contribution >= 4 is 66.9 Å². The number of aryl methyl sites for hydroxylation is 3. The van der Waals surface area contributed by atoms with Gasteiger partial charge in [-0.05, 0) is 89.3 Å². The van der Waals surface area contributed by atoms with Crippen LogP contribution in [0.3, 0.4) is 0 Å². The molecule has 2 aromatic rings. The first kappa shape index (κ1) is 43.1. The van der Waals surface area contributed by atoms with Gasteiger partial charge in [0.2, 0.25) is 0 Å². The quantitative estimate of drug-likeness (QED) is 0.157. The van der Waals surface area contributed by atoms with Gasteiger partial charge < -0.3 is 0 Å². The molecule has 7 heteroatoms. The third-order valence-corrected chi connectivity index (χ3v) is 45.3. The minimum absolute atomic E-state index is 0.734. The molecule has 0 fully saturated rings. The minimum Gasteiger partial charge on any atom is -0.0767 e. The fraction of sp³-hybridized carbons (Fsp3) is 0.667. The highest BCUT2D eigenvalue weighted by atomic mass is 28.4. The maximum absolute atomic E-state index is 2.98. The highest BCUT2D eigenvalue weighted by Crippen LogP contribution is 2.47. The largest absolute Gasteiger partial charge is 0.127 e. The molecule has 0 unspecified atom stereocenters. The van der Waals surface area contributed by atoms with Gasteiger partial charge in [-0.3, -0.25) is 0 Å². The second-order valence-corrected chi connectivity index (χ2v) is 60.8. The molecule has 2 aromatic carbocycles. The van der Waals surface area contributed by atoms with E-state index in [1.165, 1.54) is 17.7 Å². The Morgan fingerprint density at radius 1 is 0.408 bits per heavy atom. The molecule has 0 amide bonds. The Morgan fingerprint density at radius 3 is 0.959 bits per heavy atom. The summed E-state index contributed by atoms with van der Waals surface area (Å²) in [7, 11) is -11.9. The van der Waals surface area contributed by atoms with Crippen molar-refractivity contribution in [2.24, 2.45) is 0 Å². The molecule has 0 radical (unpaired) electrons. The Balaban J connectivity index is 2.91. The van der Waals surface area contributed by atoms with Crippen LogP contribution in [0.1, 0.15) is 62.7 Å². The van der Waals surface area contributed by atoms with Gasteiger partial charge in [0.1, 0.15) is 8.07 Å². The van der Waals surface area contributed by atoms with Crippen molar-refractivity contribution in [3.05, 3.63) is 68.8 Å². The van der Waals surface area contributed by atoms with Crippen LogP contribution in [0.25, 0.3) is 0 Å². The van der Waals surface area contributed by atoms with E-state index in [4.69, 9.17) is 0 Å². The van der Waals surface area contributed by atoms with Crippen LogP contribution in [0.5, 0.6) is 0 Å². The number of hydrogen-bond acceptors (Lipinski definition) is 0. The molecular weight excluding hydrogens is 701 g/mol. The predicted molar refractivity (Wildman–Crippen MR) is 248 cm³/mol. The summed E-state index contributed by atoms with van der Waals surface area (Å²) < 4.78 is 0. The number of allylic oxidation sites excluding steroid dienone is 2. The van der Waals surface area contributed by atoms with Gasteiger partial charge in [-0.1, -0.05) is 170 Å². The van der Waals surface area contributed by atoms with Crippen LogP contribution < -0.4 is 10.4 Å². The van der Waals surface area contributed by atoms with E-state index in [0.717, 1.165) is 15.5 Å². The second kappa shape index (κ2) is 13.8. The SMILES string of the molecule is CC1=C(C)C[Si](c2c(C)cc(C)cc2C)(c2c(C([Si](C)(C)C)[Si](C)(C)C)cc(C([Si](C)(C)C)[Si](C)(C)C)cc2C([Si](C)(C)C)[Si](C)(C)C)C1. The number of rotatable bonds is 11. The molecule has 276 valence electrons. The van der Waals surface area contributed by atoms with Gasteiger partial charge >= 0.3 is 0 Å². The molecule has 0 aromatic heterocycles. The van der Waals surface area contributed by atoms with Crippen molar-refractivity contribution in [2.45, 2.75) is 180 Å². The lowest BCUT2D eigenvalue weighted by atomic mass is 10.1. The maximum atomic E-state index is 2.98. The summed E-state index contributed by atoms with van der Waals surface area (Å²) in [6.45, 7) is 61.2. The molecule has 0 saturated carbocycles. The van der Waals surface area contributed by atoms with Crippen LogP contribution in [0.2, 0.25) is 130 Å². The van der Waals surface area contributed by atoms with E-state index in [0.29, 0.717) is 0 Å². The van der Waals surface area contributed by atoms with E-state index >= 15 is 0 Å². The zero-order chi connectivity index (χ0) is 38.2. The lowest BCUT2D eigenvalue weighted by Gasteiger charge is -2.49. The summed E-state index contributed by atoms with van der Waals surface area (Å²) in [5, 5.41) is 5.99. The van der Waals surface area contributed by atoms with Crippen molar-refractivity contribution in [3.63, 3.8) is 0 Å². The smallest absolute Gasteiger partial charge is 0.0767 e. The first-order valence-corrected chi connectivity index (χ1v) is 43.5. The van der Waals surface area contributed by atoms with Gasteiger partial charge in [0, 0.05) is 48.4 Å². The highest BCUT2D eigenvalue weighted by Gasteiger charge is 2.53. The number of benzene rings is 2. The summed E-state index contributed by atoms with van der Waals surface area (Å²) in [5.74, 6) is 0. The molecule has 0 saturated heterocycles. The van der Waals surface area contributed by atoms with Crippen LogP contribution in [0, 0.1) is 20.8 Å². The zero-order valence-corrected chi connectivity index (χ0v) is 44.0. The van der Waals surface area contributed by atoms with Crippen molar-refractivity contribution in [1.82, 2.24) is 0 Å². The Bertz CT molecular complexity index is 1440. The van der Waals surface area contributed by atoms with Crippen LogP contribution in [-0.4, -0.2) is 56.5 Å². The molecule has 0 N–H and O–H groups in total. The normalized spacial score (nSPS) is 16.9. The average Bonchev–Trinajstić information content (AvgIpc) is 3.06. The van der Waals surface area contributed by atoms with Crippen LogP contribution in [0.15, 0.2) is 35.4 Å². The summed E-state index contributed by atoms with van der Waals surface area (Å²) in [6, 6.07) is 13.7. The Morgan fingerprint density at radius 2 is 0.694 bits per heavy atom. The standard InChI is InChI=1S/C42H80Si7/c1-30-24-31(2)38(32(3)25-30)49(28-33(4)34(5)29-49)39-36(41(45(12,13)14)46(15,16)17)26-35(40(43(6,7)8)44(9,10)11)27-37(39)42(47(18,19)20)48(21,22)23/h24-27,40-42H,28-29H2,1-23H3. The predicted octanol–water partition coefficient (Wildman–Crippen LogP) is 13.0. The summed E-state index contributed by atoms with van der Waals surface area (Å²) in [5.41, 5.74) is 13.5. The second-order valence-electron chi connectivity index (χ2n) is 23.3. The van der Waals surface area contributed by atoms with E-state index in [9.17, 15) is 0 Å². The minimum atomic E-state index is -2.26. The van der Waals surface area contributed by atoms with Crippen LogP contribution >= 0.6 is 0 Å². The molecule has 0 bridgehead atoms. The summed E-state index contributed by atoms with van der Waals surface area (Å²) >= 11 is 0. The molecule has 1 heterocycles. The molecule has 3 rings (SSSR count). The zero-order valence-electron chi connectivity index (χ0n) is 37.0. The molecule has 1 aliphatic heterocycles. The van der Waals surface area contributed by atoms with Gasteiger partial charge in [-0.15, -0.1) is 0 Å². The van der Waals surface area contributed by atoms with E-state index in [1.807, 2.05) is 16.3 Å². The summed E-state index contributed by atoms with van der Waals surface area (Å²) in [6.07, 6.45) is 0. The monoisotopic (exact) mass is 780 g/mol. The molecule has 0 spiro atoms. The lowest BCUT2D eigenvalue weighted by molar-refractivity contribution is 1.09. The van der Waals surface area contributed by atoms with Gasteiger partial charge in [0.05, 0.1) is 0 Å². The van der Waals surface area contributed by atoms with E-state index in [2.05, 4.69) is 177 Å². The summed E-state index contributed by atoms with van der Waals surface area (Å²) in [4.78, 5) is 0. The lowest BCUT2D eigenvalue weighted by Crippen LogP contribution is -2.64. The topological polar surface area (TPSA) is 0 Å². The highest BCUT2D eigenvalue weighted by molar-refractivity contribution is 7.06. The average molecular weight is 782 g/mol. The fourth-order valence-corrected chi connectivity index (χ4v) is 57.8. The first-order chi connectivity index (χ1) is 21.7. The van der Waals surface area contributed by atoms with Gasteiger partial charge in [0.25, 0.3) is 0 Å². The van der Waals surface area contributed by atoms with Gasteiger partial charge in [-0.25, -0.2) is 0 Å². The van der Waals surface area contributed by atoms with E-state index in [-0.39, 0.29) is 0 Å². The Hall–Kier alpha value is -0.302. The van der Waals surface area contributed by atoms with Crippen molar-refractivity contribution < 1.29 is 0 Å². The third kappa shape index (κ3) is 8.92. The molecule has 0 nitrogen and oxygen atoms in total. The molecule has 0 atom stereocenters. The molecular formula is C42H80Si7. The third-order valence-electron chi connectivity index (χ3n) is 11.9. The van der Waals surface area contributed by atoms with Crippen molar-refractivity contribution in [3.8, 4) is 0 Å². The molecule has 0 aliphatic carbocycles. The van der Waals surface area contributed by atoms with Crippen LogP contribution in [0.4, 0.5) is 0 Å². The maximum Gasteiger partial charge on any atom is 0.127 e. The van der Waals surface area contributed by atoms with Crippen molar-refractivity contribution in [2.75, 3.05) is 0 Å². The van der Waals surface area contributed by atoms with Crippen LogP contribution in [-0.2, 0) is 0 Å². The first-order valence-electron chi connectivity index (χ1n) is 19.6. The fourth-order valence-electron chi connectivity index (χ4n) is 12.3. The molecule has 1 aliphatic rings. The van der Waals surface area contributed by atoms with Crippen molar-refractivity contribution in [1.29, 1.82) is 0 Å².